The van der Waals surface area contributed by atoms with Crippen LogP contribution in [-0.2, 0) is 16.4 Å². The van der Waals surface area contributed by atoms with Crippen molar-refractivity contribution in [2.75, 3.05) is 12.3 Å². The van der Waals surface area contributed by atoms with Crippen molar-refractivity contribution in [1.29, 1.82) is 0 Å². The molecule has 1 unspecified atom stereocenters. The van der Waals surface area contributed by atoms with Crippen LogP contribution < -0.4 is 10.5 Å². The van der Waals surface area contributed by atoms with Gasteiger partial charge in [-0.2, -0.15) is 0 Å². The molecular weight excluding hydrogens is 280 g/mol. The van der Waals surface area contributed by atoms with Crippen LogP contribution >= 0.6 is 11.3 Å². The van der Waals surface area contributed by atoms with Crippen molar-refractivity contribution in [3.63, 3.8) is 0 Å². The largest absolute Gasteiger partial charge is 0.398 e. The SMILES string of the molecule is Nc1csc(S(=O)(=O)NCC2Cc3ccccc32)c1. The highest BCUT2D eigenvalue weighted by atomic mass is 32.2. The van der Waals surface area contributed by atoms with Gasteiger partial charge in [0.1, 0.15) is 4.21 Å². The third kappa shape index (κ3) is 2.39. The van der Waals surface area contributed by atoms with E-state index in [4.69, 9.17) is 5.73 Å². The maximum Gasteiger partial charge on any atom is 0.250 e. The number of nitrogens with two attached hydrogens (primary N) is 1. The van der Waals surface area contributed by atoms with Crippen LogP contribution in [-0.4, -0.2) is 15.0 Å². The maximum absolute atomic E-state index is 12.0. The summed E-state index contributed by atoms with van der Waals surface area (Å²) >= 11 is 1.14. The minimum absolute atomic E-state index is 0.276. The third-order valence-electron chi connectivity index (χ3n) is 3.34. The standard InChI is InChI=1S/C13H14N2O2S2/c14-11-6-13(18-8-11)19(16,17)15-7-10-5-9-3-1-2-4-12(9)10/h1-4,6,8,10,15H,5,7,14H2. The summed E-state index contributed by atoms with van der Waals surface area (Å²) in [5.41, 5.74) is 8.59. The first kappa shape index (κ1) is 12.7. The quantitative estimate of drug-likeness (QED) is 0.905. The Morgan fingerprint density at radius 3 is 2.84 bits per heavy atom. The van der Waals surface area contributed by atoms with E-state index in [0.717, 1.165) is 17.8 Å². The summed E-state index contributed by atoms with van der Waals surface area (Å²) in [4.78, 5) is 0. The van der Waals surface area contributed by atoms with E-state index in [0.29, 0.717) is 12.2 Å². The van der Waals surface area contributed by atoms with Crippen molar-refractivity contribution in [3.8, 4) is 0 Å². The van der Waals surface area contributed by atoms with Gasteiger partial charge in [-0.1, -0.05) is 24.3 Å². The predicted molar refractivity (Wildman–Crippen MR) is 76.8 cm³/mol. The van der Waals surface area contributed by atoms with Crippen LogP contribution in [0.5, 0.6) is 0 Å². The fourth-order valence-corrected chi connectivity index (χ4v) is 4.50. The van der Waals surface area contributed by atoms with Gasteiger partial charge < -0.3 is 5.73 Å². The number of nitrogens with one attached hydrogen (secondary N) is 1. The molecular formula is C13H14N2O2S2. The number of hydrogen-bond acceptors (Lipinski definition) is 4. The van der Waals surface area contributed by atoms with E-state index in [1.54, 1.807) is 5.38 Å². The number of fused-ring (bicyclic) bond motifs is 1. The van der Waals surface area contributed by atoms with E-state index in [2.05, 4.69) is 16.9 Å². The lowest BCUT2D eigenvalue weighted by molar-refractivity contribution is 0.553. The van der Waals surface area contributed by atoms with Crippen LogP contribution in [0.15, 0.2) is 39.9 Å². The Bertz CT molecular complexity index is 707. The highest BCUT2D eigenvalue weighted by Gasteiger charge is 2.27. The molecule has 4 nitrogen and oxygen atoms in total. The molecule has 3 rings (SSSR count). The van der Waals surface area contributed by atoms with Crippen molar-refractivity contribution in [1.82, 2.24) is 4.72 Å². The number of nitrogen functional groups attached to an aromatic ring is 1. The van der Waals surface area contributed by atoms with E-state index in [1.807, 2.05) is 12.1 Å². The highest BCUT2D eigenvalue weighted by molar-refractivity contribution is 7.91. The van der Waals surface area contributed by atoms with E-state index >= 15 is 0 Å². The molecule has 0 bridgehead atoms. The zero-order valence-electron chi connectivity index (χ0n) is 10.2. The van der Waals surface area contributed by atoms with Crippen molar-refractivity contribution >= 4 is 27.0 Å². The molecule has 1 aromatic carbocycles. The van der Waals surface area contributed by atoms with Crippen molar-refractivity contribution in [2.45, 2.75) is 16.5 Å². The van der Waals surface area contributed by atoms with Gasteiger partial charge in [0.15, 0.2) is 0 Å². The summed E-state index contributed by atoms with van der Waals surface area (Å²) in [5.74, 6) is 0.281. The fourth-order valence-electron chi connectivity index (χ4n) is 2.30. The average Bonchev–Trinajstić information content (AvgIpc) is 2.78. The first-order chi connectivity index (χ1) is 9.06. The molecule has 0 saturated heterocycles. The molecule has 0 fully saturated rings. The van der Waals surface area contributed by atoms with Gasteiger partial charge in [0, 0.05) is 23.5 Å². The van der Waals surface area contributed by atoms with E-state index < -0.39 is 10.0 Å². The average molecular weight is 294 g/mol. The minimum Gasteiger partial charge on any atom is -0.398 e. The molecule has 1 aliphatic rings. The van der Waals surface area contributed by atoms with Crippen molar-refractivity contribution < 1.29 is 8.42 Å². The van der Waals surface area contributed by atoms with Crippen LogP contribution in [0.3, 0.4) is 0 Å². The lowest BCUT2D eigenvalue weighted by Gasteiger charge is -2.29. The smallest absolute Gasteiger partial charge is 0.250 e. The van der Waals surface area contributed by atoms with Gasteiger partial charge in [-0.05, 0) is 23.6 Å². The number of rotatable bonds is 4. The Balaban J connectivity index is 1.68. The molecule has 2 aromatic rings. The molecule has 1 aromatic heterocycles. The second-order valence-electron chi connectivity index (χ2n) is 4.65. The summed E-state index contributed by atoms with van der Waals surface area (Å²) in [6, 6.07) is 9.62. The lowest BCUT2D eigenvalue weighted by atomic mass is 9.78. The molecule has 1 atom stereocenters. The molecule has 100 valence electrons. The Hall–Kier alpha value is -1.37. The van der Waals surface area contributed by atoms with Crippen LogP contribution in [0.4, 0.5) is 5.69 Å². The second-order valence-corrected chi connectivity index (χ2v) is 7.56. The van der Waals surface area contributed by atoms with Crippen LogP contribution in [0, 0.1) is 0 Å². The minimum atomic E-state index is -3.42. The van der Waals surface area contributed by atoms with Gasteiger partial charge in [0.25, 0.3) is 0 Å². The van der Waals surface area contributed by atoms with Gasteiger partial charge in [-0.15, -0.1) is 11.3 Å². The monoisotopic (exact) mass is 294 g/mol. The molecule has 0 saturated carbocycles. The normalized spacial score (nSPS) is 17.8. The topological polar surface area (TPSA) is 72.2 Å². The molecule has 0 amide bonds. The van der Waals surface area contributed by atoms with Gasteiger partial charge in [-0.3, -0.25) is 0 Å². The van der Waals surface area contributed by atoms with Crippen molar-refractivity contribution in [2.24, 2.45) is 0 Å². The number of thiophene rings is 1. The first-order valence-corrected chi connectivity index (χ1v) is 8.34. The van der Waals surface area contributed by atoms with Crippen molar-refractivity contribution in [3.05, 3.63) is 46.8 Å². The Kier molecular flexibility index (Phi) is 3.08. The van der Waals surface area contributed by atoms with Crippen LogP contribution in [0.25, 0.3) is 0 Å². The summed E-state index contributed by atoms with van der Waals surface area (Å²) < 4.78 is 27.0. The van der Waals surface area contributed by atoms with Crippen LogP contribution in [0.2, 0.25) is 0 Å². The summed E-state index contributed by atoms with van der Waals surface area (Å²) in [6.45, 7) is 0.442. The van der Waals surface area contributed by atoms with E-state index in [-0.39, 0.29) is 10.1 Å². The maximum atomic E-state index is 12.0. The lowest BCUT2D eigenvalue weighted by Crippen LogP contribution is -2.32. The Morgan fingerprint density at radius 1 is 1.37 bits per heavy atom. The van der Waals surface area contributed by atoms with Gasteiger partial charge >= 0.3 is 0 Å². The molecule has 0 aliphatic heterocycles. The van der Waals surface area contributed by atoms with Crippen LogP contribution in [0.1, 0.15) is 17.0 Å². The summed E-state index contributed by atoms with van der Waals surface area (Å²) in [5, 5.41) is 1.63. The second kappa shape index (κ2) is 4.63. The first-order valence-electron chi connectivity index (χ1n) is 5.98. The number of hydrogen-bond donors (Lipinski definition) is 2. The number of benzene rings is 1. The number of sulfonamides is 1. The Labute approximate surface area is 116 Å². The molecule has 3 N–H and O–H groups in total. The third-order valence-corrected chi connectivity index (χ3v) is 6.22. The highest BCUT2D eigenvalue weighted by Crippen LogP contribution is 2.34. The zero-order chi connectivity index (χ0) is 13.5. The van der Waals surface area contributed by atoms with Gasteiger partial charge in [0.05, 0.1) is 0 Å². The molecule has 0 radical (unpaired) electrons. The summed E-state index contributed by atoms with van der Waals surface area (Å²) in [6.07, 6.45) is 0.936. The predicted octanol–water partition coefficient (Wildman–Crippen LogP) is 1.95. The molecule has 1 heterocycles. The van der Waals surface area contributed by atoms with Gasteiger partial charge in [0.2, 0.25) is 10.0 Å². The van der Waals surface area contributed by atoms with Gasteiger partial charge in [-0.25, -0.2) is 13.1 Å². The zero-order valence-corrected chi connectivity index (χ0v) is 11.8. The van der Waals surface area contributed by atoms with E-state index in [1.165, 1.54) is 17.2 Å². The van der Waals surface area contributed by atoms with E-state index in [9.17, 15) is 8.42 Å². The fraction of sp³-hybridized carbons (Fsp3) is 0.231. The molecule has 19 heavy (non-hydrogen) atoms. The molecule has 0 spiro atoms. The summed E-state index contributed by atoms with van der Waals surface area (Å²) in [7, 11) is -3.42. The Morgan fingerprint density at radius 2 is 2.16 bits per heavy atom. The molecule has 6 heteroatoms. The number of anilines is 1. The molecule has 1 aliphatic carbocycles.